The lowest BCUT2D eigenvalue weighted by molar-refractivity contribution is -0.136. The Morgan fingerprint density at radius 3 is 2.00 bits per heavy atom. The first kappa shape index (κ1) is 26.1. The lowest BCUT2D eigenvalue weighted by atomic mass is 10.0. The van der Waals surface area contributed by atoms with Crippen molar-refractivity contribution in [2.45, 2.75) is 26.6 Å². The fraction of sp³-hybridized carbons (Fsp3) is 0.129. The van der Waals surface area contributed by atoms with Crippen LogP contribution in [0.15, 0.2) is 72.8 Å². The van der Waals surface area contributed by atoms with Crippen LogP contribution in [0.25, 0.3) is 22.2 Å². The van der Waals surface area contributed by atoms with Crippen molar-refractivity contribution in [3.05, 3.63) is 124 Å². The quantitative estimate of drug-likeness (QED) is 0.169. The Hall–Kier alpha value is -4.51. The molecule has 39 heavy (non-hydrogen) atoms. The smallest absolute Gasteiger partial charge is 0.259 e. The maximum absolute atomic E-state index is 14.5. The molecule has 2 nitrogen and oxygen atoms in total. The second kappa shape index (κ2) is 9.99. The summed E-state index contributed by atoms with van der Waals surface area (Å²) in [6, 6.07) is 17.4. The maximum atomic E-state index is 14.5. The van der Waals surface area contributed by atoms with E-state index < -0.39 is 41.3 Å². The second-order valence-electron chi connectivity index (χ2n) is 9.26. The standard InChI is InChI=1S/C31H20F6N2/c1-18-12-19(2)14-21(13-18)7-6-20-8-10-22(11-9-20)30-24-4-3-5-26(31(35,36)37)29(24)38-39(30)17-25-27(33)15-23(32)16-28(25)34/h3-5,8-16H,17H2,1-2H3. The van der Waals surface area contributed by atoms with Crippen molar-refractivity contribution >= 4 is 10.9 Å². The molecule has 196 valence electrons. The molecule has 0 fully saturated rings. The van der Waals surface area contributed by atoms with E-state index in [2.05, 4.69) is 16.9 Å². The minimum Gasteiger partial charge on any atom is -0.259 e. The van der Waals surface area contributed by atoms with Crippen LogP contribution >= 0.6 is 0 Å². The minimum absolute atomic E-state index is 0.154. The molecule has 0 aliphatic carbocycles. The molecule has 0 aliphatic rings. The number of benzene rings is 4. The number of halogens is 6. The Morgan fingerprint density at radius 2 is 1.38 bits per heavy atom. The second-order valence-corrected chi connectivity index (χ2v) is 9.26. The van der Waals surface area contributed by atoms with E-state index in [1.807, 2.05) is 32.0 Å². The van der Waals surface area contributed by atoms with Gasteiger partial charge < -0.3 is 0 Å². The van der Waals surface area contributed by atoms with Crippen molar-refractivity contribution in [3.8, 4) is 23.1 Å². The van der Waals surface area contributed by atoms with Gasteiger partial charge in [-0.05, 0) is 55.3 Å². The number of aryl methyl sites for hydroxylation is 2. The third kappa shape index (κ3) is 5.39. The Labute approximate surface area is 220 Å². The topological polar surface area (TPSA) is 17.8 Å². The van der Waals surface area contributed by atoms with E-state index in [9.17, 15) is 26.3 Å². The van der Waals surface area contributed by atoms with Crippen molar-refractivity contribution in [3.63, 3.8) is 0 Å². The van der Waals surface area contributed by atoms with Gasteiger partial charge in [0.2, 0.25) is 0 Å². The average Bonchev–Trinajstić information content (AvgIpc) is 3.22. The highest BCUT2D eigenvalue weighted by atomic mass is 19.4. The van der Waals surface area contributed by atoms with Gasteiger partial charge in [0.15, 0.2) is 0 Å². The van der Waals surface area contributed by atoms with Crippen LogP contribution in [0.3, 0.4) is 0 Å². The Morgan fingerprint density at radius 1 is 0.769 bits per heavy atom. The molecule has 4 aromatic carbocycles. The SMILES string of the molecule is Cc1cc(C)cc(C#Cc2ccc(-c3c4cccc(C(F)(F)F)c4nn3Cc3c(F)cc(F)cc3F)cc2)c1. The van der Waals surface area contributed by atoms with Gasteiger partial charge in [0.25, 0.3) is 0 Å². The first-order chi connectivity index (χ1) is 18.5. The molecule has 0 spiro atoms. The highest BCUT2D eigenvalue weighted by molar-refractivity contribution is 5.95. The van der Waals surface area contributed by atoms with Crippen LogP contribution in [-0.2, 0) is 12.7 Å². The molecule has 0 saturated carbocycles. The largest absolute Gasteiger partial charge is 0.418 e. The van der Waals surface area contributed by atoms with Gasteiger partial charge in [0.05, 0.1) is 17.8 Å². The zero-order valence-corrected chi connectivity index (χ0v) is 20.8. The fourth-order valence-corrected chi connectivity index (χ4v) is 4.58. The molecule has 0 amide bonds. The van der Waals surface area contributed by atoms with Gasteiger partial charge in [-0.15, -0.1) is 0 Å². The van der Waals surface area contributed by atoms with Gasteiger partial charge in [-0.25, -0.2) is 13.2 Å². The summed E-state index contributed by atoms with van der Waals surface area (Å²) in [5, 5.41) is 4.27. The molecule has 5 rings (SSSR count). The van der Waals surface area contributed by atoms with Crippen LogP contribution in [0.5, 0.6) is 0 Å². The van der Waals surface area contributed by atoms with Gasteiger partial charge in [-0.3, -0.25) is 4.68 Å². The molecular weight excluding hydrogens is 514 g/mol. The van der Waals surface area contributed by atoms with Crippen molar-refractivity contribution in [1.82, 2.24) is 9.78 Å². The average molecular weight is 535 g/mol. The summed E-state index contributed by atoms with van der Waals surface area (Å²) in [6.07, 6.45) is -4.70. The molecule has 0 N–H and O–H groups in total. The third-order valence-corrected chi connectivity index (χ3v) is 6.22. The molecule has 0 saturated heterocycles. The van der Waals surface area contributed by atoms with Gasteiger partial charge in [-0.2, -0.15) is 18.3 Å². The summed E-state index contributed by atoms with van der Waals surface area (Å²) < 4.78 is 84.8. The Balaban J connectivity index is 1.62. The number of fused-ring (bicyclic) bond motifs is 1. The number of hydrogen-bond donors (Lipinski definition) is 0. The molecule has 5 aromatic rings. The lowest BCUT2D eigenvalue weighted by Crippen LogP contribution is -2.09. The monoisotopic (exact) mass is 534 g/mol. The number of alkyl halides is 3. The number of hydrogen-bond acceptors (Lipinski definition) is 1. The van der Waals surface area contributed by atoms with E-state index in [1.54, 1.807) is 24.3 Å². The summed E-state index contributed by atoms with van der Waals surface area (Å²) in [5.41, 5.74) is 2.53. The van der Waals surface area contributed by atoms with E-state index in [4.69, 9.17) is 0 Å². The summed E-state index contributed by atoms with van der Waals surface area (Å²) in [4.78, 5) is 0. The predicted octanol–water partition coefficient (Wildman–Crippen LogP) is 8.20. The van der Waals surface area contributed by atoms with Crippen molar-refractivity contribution < 1.29 is 26.3 Å². The molecule has 0 atom stereocenters. The molecule has 8 heteroatoms. The zero-order chi connectivity index (χ0) is 27.9. The highest BCUT2D eigenvalue weighted by Crippen LogP contribution is 2.38. The van der Waals surface area contributed by atoms with E-state index in [0.717, 1.165) is 27.4 Å². The van der Waals surface area contributed by atoms with E-state index in [-0.39, 0.29) is 16.6 Å². The van der Waals surface area contributed by atoms with Crippen LogP contribution in [0.1, 0.15) is 33.4 Å². The van der Waals surface area contributed by atoms with E-state index >= 15 is 0 Å². The number of rotatable bonds is 3. The van der Waals surface area contributed by atoms with Crippen molar-refractivity contribution in [2.75, 3.05) is 0 Å². The number of nitrogens with zero attached hydrogens (tertiary/aromatic N) is 2. The Kier molecular flexibility index (Phi) is 6.69. The zero-order valence-electron chi connectivity index (χ0n) is 20.8. The maximum Gasteiger partial charge on any atom is 0.418 e. The van der Waals surface area contributed by atoms with Crippen LogP contribution in [0.2, 0.25) is 0 Å². The molecule has 0 aliphatic heterocycles. The third-order valence-electron chi connectivity index (χ3n) is 6.22. The summed E-state index contributed by atoms with van der Waals surface area (Å²) in [6.45, 7) is 3.41. The van der Waals surface area contributed by atoms with Gasteiger partial charge in [0.1, 0.15) is 23.0 Å². The predicted molar refractivity (Wildman–Crippen MR) is 137 cm³/mol. The molecule has 1 aromatic heterocycles. The summed E-state index contributed by atoms with van der Waals surface area (Å²) in [7, 11) is 0. The molecular formula is C31H20F6N2. The van der Waals surface area contributed by atoms with E-state index in [0.29, 0.717) is 23.3 Å². The van der Waals surface area contributed by atoms with Crippen LogP contribution < -0.4 is 0 Å². The summed E-state index contributed by atoms with van der Waals surface area (Å²) in [5.74, 6) is 2.76. The van der Waals surface area contributed by atoms with Crippen LogP contribution in [0.4, 0.5) is 26.3 Å². The fourth-order valence-electron chi connectivity index (χ4n) is 4.58. The highest BCUT2D eigenvalue weighted by Gasteiger charge is 2.34. The number of aromatic nitrogens is 2. The minimum atomic E-state index is -4.70. The van der Waals surface area contributed by atoms with Gasteiger partial charge >= 0.3 is 6.18 Å². The molecule has 0 bridgehead atoms. The van der Waals surface area contributed by atoms with Gasteiger partial charge in [0, 0.05) is 39.8 Å². The van der Waals surface area contributed by atoms with E-state index in [1.165, 1.54) is 12.1 Å². The van der Waals surface area contributed by atoms with Crippen LogP contribution in [0, 0.1) is 43.1 Å². The molecule has 0 unspecified atom stereocenters. The lowest BCUT2D eigenvalue weighted by Gasteiger charge is -2.10. The Bertz CT molecular complexity index is 1730. The molecule has 1 heterocycles. The first-order valence-corrected chi connectivity index (χ1v) is 11.9. The normalized spacial score (nSPS) is 11.5. The first-order valence-electron chi connectivity index (χ1n) is 11.9. The van der Waals surface area contributed by atoms with Crippen molar-refractivity contribution in [2.24, 2.45) is 0 Å². The van der Waals surface area contributed by atoms with Crippen LogP contribution in [-0.4, -0.2) is 9.78 Å². The summed E-state index contributed by atoms with van der Waals surface area (Å²) >= 11 is 0. The molecule has 0 radical (unpaired) electrons. The van der Waals surface area contributed by atoms with Gasteiger partial charge in [-0.1, -0.05) is 42.2 Å². The van der Waals surface area contributed by atoms with Crippen molar-refractivity contribution in [1.29, 1.82) is 0 Å².